The predicted molar refractivity (Wildman–Crippen MR) is 118 cm³/mol. The SMILES string of the molecule is COc1ccc(NC(=O)C2Oc3c(c(=O)oc4ccccc34)C2c2ccc(O)cc2)cc1. The second kappa shape index (κ2) is 7.77. The molecule has 1 aliphatic rings. The van der Waals surface area contributed by atoms with Crippen LogP contribution in [-0.4, -0.2) is 24.2 Å². The second-order valence-corrected chi connectivity index (χ2v) is 7.45. The van der Waals surface area contributed by atoms with Gasteiger partial charge < -0.3 is 24.3 Å². The summed E-state index contributed by atoms with van der Waals surface area (Å²) in [5, 5.41) is 13.2. The Labute approximate surface area is 182 Å². The maximum atomic E-state index is 13.3. The van der Waals surface area contributed by atoms with Crippen molar-refractivity contribution in [2.45, 2.75) is 12.0 Å². The minimum absolute atomic E-state index is 0.0812. The molecule has 1 aliphatic heterocycles. The van der Waals surface area contributed by atoms with Crippen molar-refractivity contribution in [2.24, 2.45) is 0 Å². The number of rotatable bonds is 4. The van der Waals surface area contributed by atoms with Crippen molar-refractivity contribution in [2.75, 3.05) is 12.4 Å². The Morgan fingerprint density at radius 2 is 1.72 bits per heavy atom. The number of phenolic OH excluding ortho intramolecular Hbond substituents is 1. The molecule has 5 rings (SSSR count). The highest BCUT2D eigenvalue weighted by atomic mass is 16.5. The Morgan fingerprint density at radius 1 is 1.00 bits per heavy atom. The molecular formula is C25H19NO6. The van der Waals surface area contributed by atoms with E-state index < -0.39 is 23.6 Å². The quantitative estimate of drug-likeness (QED) is 0.475. The molecule has 1 amide bonds. The van der Waals surface area contributed by atoms with Crippen LogP contribution in [0.3, 0.4) is 0 Å². The van der Waals surface area contributed by atoms with Crippen LogP contribution in [-0.2, 0) is 4.79 Å². The van der Waals surface area contributed by atoms with E-state index in [4.69, 9.17) is 13.9 Å². The first kappa shape index (κ1) is 19.7. The summed E-state index contributed by atoms with van der Waals surface area (Å²) in [6.07, 6.45) is -1.01. The van der Waals surface area contributed by atoms with Crippen molar-refractivity contribution >= 4 is 22.6 Å². The predicted octanol–water partition coefficient (Wildman–Crippen LogP) is 4.04. The van der Waals surface area contributed by atoms with Crippen molar-refractivity contribution in [3.8, 4) is 17.2 Å². The Morgan fingerprint density at radius 3 is 2.44 bits per heavy atom. The zero-order valence-corrected chi connectivity index (χ0v) is 17.1. The normalized spacial score (nSPS) is 16.9. The molecule has 0 aliphatic carbocycles. The van der Waals surface area contributed by atoms with Crippen LogP contribution in [0.4, 0.5) is 5.69 Å². The molecule has 3 aromatic carbocycles. The number of hydrogen-bond acceptors (Lipinski definition) is 6. The van der Waals surface area contributed by atoms with Gasteiger partial charge in [-0.3, -0.25) is 4.79 Å². The molecule has 4 aromatic rings. The maximum Gasteiger partial charge on any atom is 0.344 e. The molecule has 0 saturated heterocycles. The second-order valence-electron chi connectivity index (χ2n) is 7.45. The van der Waals surface area contributed by atoms with Crippen LogP contribution in [0.2, 0.25) is 0 Å². The fraction of sp³-hybridized carbons (Fsp3) is 0.120. The highest BCUT2D eigenvalue weighted by molar-refractivity contribution is 5.97. The Balaban J connectivity index is 1.59. The van der Waals surface area contributed by atoms with Gasteiger partial charge in [0.1, 0.15) is 22.8 Å². The van der Waals surface area contributed by atoms with Gasteiger partial charge in [0.2, 0.25) is 0 Å². The third-order valence-electron chi connectivity index (χ3n) is 5.53. The maximum absolute atomic E-state index is 13.3. The average molecular weight is 429 g/mol. The summed E-state index contributed by atoms with van der Waals surface area (Å²) in [4.78, 5) is 26.2. The standard InChI is InChI=1S/C25H19NO6/c1-30-17-12-8-15(9-13-17)26-24(28)23-20(14-6-10-16(27)11-7-14)21-22(32-23)18-4-2-3-5-19(18)31-25(21)29/h2-13,20,23,27H,1H3,(H,26,28). The summed E-state index contributed by atoms with van der Waals surface area (Å²) >= 11 is 0. The van der Waals surface area contributed by atoms with Gasteiger partial charge in [0, 0.05) is 5.69 Å². The molecule has 32 heavy (non-hydrogen) atoms. The first-order valence-electron chi connectivity index (χ1n) is 10.0. The van der Waals surface area contributed by atoms with Crippen molar-refractivity contribution in [3.63, 3.8) is 0 Å². The fourth-order valence-electron chi connectivity index (χ4n) is 3.99. The first-order chi connectivity index (χ1) is 15.5. The highest BCUT2D eigenvalue weighted by Crippen LogP contribution is 2.44. The van der Waals surface area contributed by atoms with Crippen molar-refractivity contribution < 1.29 is 23.8 Å². The fourth-order valence-corrected chi connectivity index (χ4v) is 3.99. The van der Waals surface area contributed by atoms with Gasteiger partial charge in [0.05, 0.1) is 24.0 Å². The number of aromatic hydroxyl groups is 1. The van der Waals surface area contributed by atoms with E-state index in [9.17, 15) is 14.7 Å². The Bertz CT molecular complexity index is 1360. The number of amides is 1. The van der Waals surface area contributed by atoms with Crippen LogP contribution in [0.15, 0.2) is 82.0 Å². The van der Waals surface area contributed by atoms with E-state index in [-0.39, 0.29) is 11.3 Å². The Kier molecular flexibility index (Phi) is 4.78. The number of benzene rings is 3. The molecule has 2 atom stereocenters. The molecule has 160 valence electrons. The van der Waals surface area contributed by atoms with Crippen LogP contribution in [0.1, 0.15) is 17.0 Å². The van der Waals surface area contributed by atoms with Crippen LogP contribution in [0, 0.1) is 0 Å². The summed E-state index contributed by atoms with van der Waals surface area (Å²) in [5.41, 5.74) is 1.33. The van der Waals surface area contributed by atoms with E-state index in [0.717, 1.165) is 0 Å². The molecule has 2 unspecified atom stereocenters. The number of carbonyl (C=O) groups is 1. The molecule has 7 nitrogen and oxygen atoms in total. The van der Waals surface area contributed by atoms with Crippen LogP contribution in [0.25, 0.3) is 11.0 Å². The number of para-hydroxylation sites is 1. The first-order valence-corrected chi connectivity index (χ1v) is 10.0. The monoisotopic (exact) mass is 429 g/mol. The van der Waals surface area contributed by atoms with Crippen molar-refractivity contribution in [1.82, 2.24) is 0 Å². The number of fused-ring (bicyclic) bond motifs is 3. The van der Waals surface area contributed by atoms with Crippen LogP contribution >= 0.6 is 0 Å². The van der Waals surface area contributed by atoms with Crippen molar-refractivity contribution in [1.29, 1.82) is 0 Å². The number of anilines is 1. The molecule has 0 bridgehead atoms. The minimum atomic E-state index is -1.01. The lowest BCUT2D eigenvalue weighted by atomic mass is 9.88. The van der Waals surface area contributed by atoms with Gasteiger partial charge in [-0.25, -0.2) is 4.79 Å². The van der Waals surface area contributed by atoms with Crippen molar-refractivity contribution in [3.05, 3.63) is 94.3 Å². The molecule has 0 radical (unpaired) electrons. The third-order valence-corrected chi connectivity index (χ3v) is 5.53. The number of phenols is 1. The number of nitrogens with one attached hydrogen (secondary N) is 1. The lowest BCUT2D eigenvalue weighted by Gasteiger charge is -2.19. The molecule has 2 heterocycles. The molecular weight excluding hydrogens is 410 g/mol. The van der Waals surface area contributed by atoms with Gasteiger partial charge in [-0.05, 0) is 54.1 Å². The van der Waals surface area contributed by atoms with E-state index in [1.807, 2.05) is 6.07 Å². The molecule has 2 N–H and O–H groups in total. The highest BCUT2D eigenvalue weighted by Gasteiger charge is 2.44. The van der Waals surface area contributed by atoms with E-state index >= 15 is 0 Å². The van der Waals surface area contributed by atoms with E-state index in [2.05, 4.69) is 5.32 Å². The number of hydrogen-bond donors (Lipinski definition) is 2. The van der Waals surface area contributed by atoms with Crippen LogP contribution < -0.4 is 20.4 Å². The molecule has 7 heteroatoms. The lowest BCUT2D eigenvalue weighted by molar-refractivity contribution is -0.122. The summed E-state index contributed by atoms with van der Waals surface area (Å²) in [7, 11) is 1.56. The van der Waals surface area contributed by atoms with E-state index in [1.54, 1.807) is 61.7 Å². The zero-order chi connectivity index (χ0) is 22.2. The van der Waals surface area contributed by atoms with Gasteiger partial charge in [-0.15, -0.1) is 0 Å². The lowest BCUT2D eigenvalue weighted by Crippen LogP contribution is -2.35. The molecule has 1 aromatic heterocycles. The zero-order valence-electron chi connectivity index (χ0n) is 17.1. The summed E-state index contributed by atoms with van der Waals surface area (Å²) in [6, 6.07) is 20.3. The third kappa shape index (κ3) is 3.33. The summed E-state index contributed by atoms with van der Waals surface area (Å²) in [5.74, 6) is -0.0290. The number of ether oxygens (including phenoxy) is 2. The van der Waals surface area contributed by atoms with Gasteiger partial charge in [0.15, 0.2) is 6.10 Å². The van der Waals surface area contributed by atoms with E-state index in [0.29, 0.717) is 33.7 Å². The Hall–Kier alpha value is -4.26. The van der Waals surface area contributed by atoms with Gasteiger partial charge >= 0.3 is 5.63 Å². The van der Waals surface area contributed by atoms with Gasteiger partial charge in [-0.2, -0.15) is 0 Å². The topological polar surface area (TPSA) is 98.0 Å². The molecule has 0 saturated carbocycles. The summed E-state index contributed by atoms with van der Waals surface area (Å²) < 4.78 is 16.8. The minimum Gasteiger partial charge on any atom is -0.508 e. The number of carbonyl (C=O) groups excluding carboxylic acids is 1. The van der Waals surface area contributed by atoms with E-state index in [1.165, 1.54) is 12.1 Å². The average Bonchev–Trinajstić information content (AvgIpc) is 3.22. The summed E-state index contributed by atoms with van der Waals surface area (Å²) in [6.45, 7) is 0. The smallest absolute Gasteiger partial charge is 0.344 e. The van der Waals surface area contributed by atoms with Gasteiger partial charge in [-0.1, -0.05) is 24.3 Å². The largest absolute Gasteiger partial charge is 0.508 e. The van der Waals surface area contributed by atoms with Crippen LogP contribution in [0.5, 0.6) is 17.2 Å². The van der Waals surface area contributed by atoms with Gasteiger partial charge in [0.25, 0.3) is 5.91 Å². The molecule has 0 spiro atoms. The molecule has 0 fully saturated rings. The number of methoxy groups -OCH3 is 1.